The van der Waals surface area contributed by atoms with Gasteiger partial charge in [0.25, 0.3) is 5.91 Å². The molecule has 1 N–H and O–H groups in total. The number of carbonyl (C=O) groups excluding carboxylic acids is 3. The fourth-order valence-corrected chi connectivity index (χ4v) is 2.79. The zero-order chi connectivity index (χ0) is 19.6. The molecule has 10 heteroatoms. The van der Waals surface area contributed by atoms with Gasteiger partial charge in [-0.2, -0.15) is 8.78 Å². The lowest BCUT2D eigenvalue weighted by atomic mass is 10.1. The van der Waals surface area contributed by atoms with E-state index in [0.29, 0.717) is 6.54 Å². The molecule has 0 aliphatic carbocycles. The van der Waals surface area contributed by atoms with Crippen LogP contribution in [0.1, 0.15) is 6.42 Å². The molecule has 3 rings (SSSR count). The van der Waals surface area contributed by atoms with Gasteiger partial charge in [0.2, 0.25) is 0 Å². The molecule has 1 atom stereocenters. The third kappa shape index (κ3) is 4.21. The number of halogens is 3. The average Bonchev–Trinajstić information content (AvgIpc) is 3.01. The summed E-state index contributed by atoms with van der Waals surface area (Å²) < 4.78 is 43.8. The highest BCUT2D eigenvalue weighted by Gasteiger charge is 2.33. The number of alkyl halides is 2. The molecular formula is C17H16F3N3O4. The fraction of sp³-hybridized carbons (Fsp3) is 0.353. The molecule has 2 amide bonds. The molecule has 0 saturated carbocycles. The lowest BCUT2D eigenvalue weighted by molar-refractivity contribution is -0.132. The zero-order valence-corrected chi connectivity index (χ0v) is 14.0. The SMILES string of the molecule is O=C1C=CN(c2ccc(N3C[C@H](CNC(=O)C(F)F)OC3=O)cc2F)CC1. The maximum absolute atomic E-state index is 14.5. The topological polar surface area (TPSA) is 79.0 Å². The second-order valence-corrected chi connectivity index (χ2v) is 6.02. The van der Waals surface area contributed by atoms with Gasteiger partial charge in [-0.15, -0.1) is 0 Å². The fourth-order valence-electron chi connectivity index (χ4n) is 2.79. The predicted octanol–water partition coefficient (Wildman–Crippen LogP) is 1.83. The summed E-state index contributed by atoms with van der Waals surface area (Å²) in [5.74, 6) is -2.07. The van der Waals surface area contributed by atoms with Gasteiger partial charge in [0, 0.05) is 19.2 Å². The van der Waals surface area contributed by atoms with E-state index in [9.17, 15) is 27.6 Å². The summed E-state index contributed by atoms with van der Waals surface area (Å²) >= 11 is 0. The van der Waals surface area contributed by atoms with E-state index < -0.39 is 30.3 Å². The third-order valence-corrected chi connectivity index (χ3v) is 4.17. The van der Waals surface area contributed by atoms with Gasteiger partial charge in [-0.3, -0.25) is 14.5 Å². The largest absolute Gasteiger partial charge is 0.442 e. The van der Waals surface area contributed by atoms with E-state index in [1.165, 1.54) is 24.4 Å². The lowest BCUT2D eigenvalue weighted by Crippen LogP contribution is -2.37. The van der Waals surface area contributed by atoms with E-state index in [1.54, 1.807) is 4.90 Å². The van der Waals surface area contributed by atoms with E-state index >= 15 is 0 Å². The molecule has 2 aliphatic rings. The van der Waals surface area contributed by atoms with Crippen molar-refractivity contribution in [1.82, 2.24) is 5.32 Å². The number of nitrogens with zero attached hydrogens (tertiary/aromatic N) is 2. The first-order valence-electron chi connectivity index (χ1n) is 8.16. The molecule has 2 aliphatic heterocycles. The molecule has 1 fully saturated rings. The first-order valence-corrected chi connectivity index (χ1v) is 8.16. The van der Waals surface area contributed by atoms with E-state index in [0.717, 1.165) is 11.0 Å². The molecule has 144 valence electrons. The minimum absolute atomic E-state index is 0.0146. The standard InChI is InChI=1S/C17H16F3N3O4/c18-13-7-10(1-2-14(13)22-5-3-11(24)4-6-22)23-9-12(27-17(23)26)8-21-16(25)15(19)20/h1-3,5,7,12,15H,4,6,8-9H2,(H,21,25)/t12-/m0/s1. The average molecular weight is 383 g/mol. The molecule has 0 radical (unpaired) electrons. The van der Waals surface area contributed by atoms with Crippen LogP contribution in [-0.4, -0.2) is 49.9 Å². The van der Waals surface area contributed by atoms with Gasteiger partial charge in [0.15, 0.2) is 5.78 Å². The lowest BCUT2D eigenvalue weighted by Gasteiger charge is -2.24. The summed E-state index contributed by atoms with van der Waals surface area (Å²) in [7, 11) is 0. The van der Waals surface area contributed by atoms with Gasteiger partial charge in [0.05, 0.1) is 24.5 Å². The van der Waals surface area contributed by atoms with Crippen molar-refractivity contribution in [2.45, 2.75) is 19.0 Å². The van der Waals surface area contributed by atoms with Crippen molar-refractivity contribution in [3.8, 4) is 0 Å². The number of ketones is 1. The number of hydrogen-bond acceptors (Lipinski definition) is 5. The monoisotopic (exact) mass is 383 g/mol. The third-order valence-electron chi connectivity index (χ3n) is 4.17. The van der Waals surface area contributed by atoms with Crippen LogP contribution in [0.4, 0.5) is 29.3 Å². The molecule has 27 heavy (non-hydrogen) atoms. The predicted molar refractivity (Wildman–Crippen MR) is 89.1 cm³/mol. The van der Waals surface area contributed by atoms with Crippen molar-refractivity contribution >= 4 is 29.2 Å². The molecular weight excluding hydrogens is 367 g/mol. The van der Waals surface area contributed by atoms with E-state index in [1.807, 2.05) is 5.32 Å². The van der Waals surface area contributed by atoms with Crippen molar-refractivity contribution in [1.29, 1.82) is 0 Å². The number of ether oxygens (including phenoxy) is 1. The Morgan fingerprint density at radius 1 is 1.33 bits per heavy atom. The minimum Gasteiger partial charge on any atom is -0.442 e. The molecule has 7 nitrogen and oxygen atoms in total. The Bertz CT molecular complexity index is 800. The van der Waals surface area contributed by atoms with Gasteiger partial charge in [-0.05, 0) is 24.3 Å². The normalized spacial score (nSPS) is 19.6. The van der Waals surface area contributed by atoms with Crippen LogP contribution in [0, 0.1) is 5.82 Å². The summed E-state index contributed by atoms with van der Waals surface area (Å²) in [6.45, 7) is 0.0705. The highest BCUT2D eigenvalue weighted by molar-refractivity contribution is 5.92. The number of rotatable bonds is 5. The maximum Gasteiger partial charge on any atom is 0.414 e. The molecule has 1 aromatic rings. The Kier molecular flexibility index (Phi) is 5.33. The van der Waals surface area contributed by atoms with Crippen molar-refractivity contribution in [3.05, 3.63) is 36.3 Å². The van der Waals surface area contributed by atoms with Crippen molar-refractivity contribution in [3.63, 3.8) is 0 Å². The number of nitrogens with one attached hydrogen (secondary N) is 1. The second kappa shape index (κ2) is 7.68. The van der Waals surface area contributed by atoms with Crippen LogP contribution in [-0.2, 0) is 14.3 Å². The van der Waals surface area contributed by atoms with Gasteiger partial charge in [-0.1, -0.05) is 0 Å². The highest BCUT2D eigenvalue weighted by Crippen LogP contribution is 2.29. The van der Waals surface area contributed by atoms with Gasteiger partial charge < -0.3 is 15.0 Å². The van der Waals surface area contributed by atoms with Crippen molar-refractivity contribution < 1.29 is 32.3 Å². The van der Waals surface area contributed by atoms with Crippen LogP contribution in [0.15, 0.2) is 30.5 Å². The molecule has 0 spiro atoms. The summed E-state index contributed by atoms with van der Waals surface area (Å²) in [6.07, 6.45) is -1.59. The number of benzene rings is 1. The summed E-state index contributed by atoms with van der Waals surface area (Å²) in [4.78, 5) is 36.8. The molecule has 0 bridgehead atoms. The van der Waals surface area contributed by atoms with Crippen LogP contribution < -0.4 is 15.1 Å². The van der Waals surface area contributed by atoms with Crippen LogP contribution in [0.5, 0.6) is 0 Å². The first kappa shape index (κ1) is 18.7. The number of anilines is 2. The number of carbonyl (C=O) groups is 3. The molecule has 1 saturated heterocycles. The van der Waals surface area contributed by atoms with E-state index in [4.69, 9.17) is 4.74 Å². The Labute approximate surface area is 152 Å². The van der Waals surface area contributed by atoms with Crippen molar-refractivity contribution in [2.75, 3.05) is 29.4 Å². The number of amides is 2. The maximum atomic E-state index is 14.5. The number of hydrogen-bond donors (Lipinski definition) is 1. The van der Waals surface area contributed by atoms with Gasteiger partial charge in [0.1, 0.15) is 11.9 Å². The Morgan fingerprint density at radius 2 is 2.11 bits per heavy atom. The Balaban J connectivity index is 1.67. The molecule has 0 aromatic heterocycles. The highest BCUT2D eigenvalue weighted by atomic mass is 19.3. The van der Waals surface area contributed by atoms with Crippen LogP contribution in [0.3, 0.4) is 0 Å². The van der Waals surface area contributed by atoms with Crippen molar-refractivity contribution in [2.24, 2.45) is 0 Å². The quantitative estimate of drug-likeness (QED) is 0.839. The summed E-state index contributed by atoms with van der Waals surface area (Å²) in [6, 6.07) is 4.15. The zero-order valence-electron chi connectivity index (χ0n) is 14.0. The number of allylic oxidation sites excluding steroid dienone is 1. The second-order valence-electron chi connectivity index (χ2n) is 6.02. The Morgan fingerprint density at radius 3 is 2.74 bits per heavy atom. The van der Waals surface area contributed by atoms with Gasteiger partial charge >= 0.3 is 12.5 Å². The van der Waals surface area contributed by atoms with Crippen LogP contribution in [0.2, 0.25) is 0 Å². The molecule has 1 aromatic carbocycles. The smallest absolute Gasteiger partial charge is 0.414 e. The van der Waals surface area contributed by atoms with E-state index in [-0.39, 0.29) is 36.7 Å². The molecule has 2 heterocycles. The van der Waals surface area contributed by atoms with Crippen LogP contribution in [0.25, 0.3) is 0 Å². The summed E-state index contributed by atoms with van der Waals surface area (Å²) in [5, 5.41) is 1.97. The van der Waals surface area contributed by atoms with Crippen LogP contribution >= 0.6 is 0 Å². The minimum atomic E-state index is -3.15. The summed E-state index contributed by atoms with van der Waals surface area (Å²) in [5.41, 5.74) is 0.497. The van der Waals surface area contributed by atoms with E-state index in [2.05, 4.69) is 0 Å². The van der Waals surface area contributed by atoms with Gasteiger partial charge in [-0.25, -0.2) is 9.18 Å². The molecule has 0 unspecified atom stereocenters. The first-order chi connectivity index (χ1) is 12.8. The number of cyclic esters (lactones) is 1. The Hall–Kier alpha value is -3.04.